The van der Waals surface area contributed by atoms with Gasteiger partial charge in [-0.25, -0.2) is 0 Å². The highest BCUT2D eigenvalue weighted by Crippen LogP contribution is 2.18. The maximum absolute atomic E-state index is 5.49. The van der Waals surface area contributed by atoms with E-state index in [0.29, 0.717) is 5.88 Å². The maximum atomic E-state index is 5.49. The fourth-order valence-corrected chi connectivity index (χ4v) is 1.41. The molecule has 0 atom stereocenters. The molecule has 2 nitrogen and oxygen atoms in total. The summed E-state index contributed by atoms with van der Waals surface area (Å²) in [5, 5.41) is 0.932. The highest BCUT2D eigenvalue weighted by atomic mass is 32.1. The molecule has 0 unspecified atom stereocenters. The van der Waals surface area contributed by atoms with Crippen LogP contribution in [0.4, 0.5) is 5.88 Å². The van der Waals surface area contributed by atoms with Gasteiger partial charge in [-0.1, -0.05) is 24.4 Å². The molecule has 0 saturated heterocycles. The zero-order chi connectivity index (χ0) is 8.55. The molecule has 1 aromatic heterocycles. The number of nitrogen functional groups attached to an aromatic ring is 1. The van der Waals surface area contributed by atoms with E-state index in [-0.39, 0.29) is 0 Å². The number of fused-ring (bicyclic) bond motifs is 1. The van der Waals surface area contributed by atoms with E-state index in [9.17, 15) is 0 Å². The molecule has 0 bridgehead atoms. The maximum Gasteiger partial charge on any atom is 0.192 e. The van der Waals surface area contributed by atoms with Crippen LogP contribution in [0.1, 0.15) is 0 Å². The molecule has 60 valence electrons. The van der Waals surface area contributed by atoms with Crippen molar-refractivity contribution in [3.63, 3.8) is 0 Å². The first kappa shape index (κ1) is 7.31. The minimum Gasteiger partial charge on any atom is -0.441 e. The monoisotopic (exact) mass is 177 g/mol. The quantitative estimate of drug-likeness (QED) is 0.629. The van der Waals surface area contributed by atoms with Gasteiger partial charge in [-0.05, 0) is 12.1 Å². The first-order valence-electron chi connectivity index (χ1n) is 3.56. The number of nitrogens with two attached hydrogens (primary N) is 1. The highest BCUT2D eigenvalue weighted by Gasteiger charge is 1.96. The van der Waals surface area contributed by atoms with E-state index >= 15 is 0 Å². The second-order valence-electron chi connectivity index (χ2n) is 2.51. The average Bonchev–Trinajstić information content (AvgIpc) is 2.04. The van der Waals surface area contributed by atoms with Gasteiger partial charge in [0.1, 0.15) is 5.58 Å². The van der Waals surface area contributed by atoms with Crippen molar-refractivity contribution in [2.75, 3.05) is 5.73 Å². The Morgan fingerprint density at radius 1 is 1.25 bits per heavy atom. The van der Waals surface area contributed by atoms with Gasteiger partial charge in [0.2, 0.25) is 0 Å². The highest BCUT2D eigenvalue weighted by molar-refractivity contribution is 7.71. The first-order chi connectivity index (χ1) is 5.77. The molecule has 12 heavy (non-hydrogen) atoms. The van der Waals surface area contributed by atoms with Crippen molar-refractivity contribution in [3.8, 4) is 0 Å². The Labute approximate surface area is 74.6 Å². The zero-order valence-corrected chi connectivity index (χ0v) is 7.10. The average molecular weight is 177 g/mol. The van der Waals surface area contributed by atoms with Crippen LogP contribution in [-0.4, -0.2) is 0 Å². The topological polar surface area (TPSA) is 39.2 Å². The Bertz CT molecular complexity index is 475. The molecule has 0 aliphatic rings. The molecule has 0 saturated carbocycles. The standard InChI is InChI=1S/C9H7NOS/c10-9-5-8(12)6-3-1-2-4-7(6)11-9/h1-5H,10H2. The molecular formula is C9H7NOS. The SMILES string of the molecule is Nc1cc(=S)c2ccccc2o1. The Kier molecular flexibility index (Phi) is 1.59. The second-order valence-corrected chi connectivity index (χ2v) is 2.95. The molecule has 0 radical (unpaired) electrons. The van der Waals surface area contributed by atoms with E-state index < -0.39 is 0 Å². The van der Waals surface area contributed by atoms with Crippen molar-refractivity contribution in [2.45, 2.75) is 0 Å². The summed E-state index contributed by atoms with van der Waals surface area (Å²) in [7, 11) is 0. The summed E-state index contributed by atoms with van der Waals surface area (Å²) in [6, 6.07) is 9.23. The Morgan fingerprint density at radius 3 is 2.83 bits per heavy atom. The molecule has 0 spiro atoms. The predicted molar refractivity (Wildman–Crippen MR) is 51.5 cm³/mol. The predicted octanol–water partition coefficient (Wildman–Crippen LogP) is 2.74. The van der Waals surface area contributed by atoms with Crippen molar-refractivity contribution in [1.29, 1.82) is 0 Å². The number of rotatable bonds is 0. The van der Waals surface area contributed by atoms with Crippen LogP contribution in [0.5, 0.6) is 0 Å². The van der Waals surface area contributed by atoms with Crippen LogP contribution >= 0.6 is 12.2 Å². The van der Waals surface area contributed by atoms with Gasteiger partial charge in [-0.2, -0.15) is 0 Å². The lowest BCUT2D eigenvalue weighted by atomic mass is 10.2. The lowest BCUT2D eigenvalue weighted by Gasteiger charge is -1.97. The Morgan fingerprint density at radius 2 is 2.00 bits per heavy atom. The van der Waals surface area contributed by atoms with Crippen molar-refractivity contribution in [1.82, 2.24) is 0 Å². The van der Waals surface area contributed by atoms with Crippen LogP contribution in [0.15, 0.2) is 34.7 Å². The molecule has 2 rings (SSSR count). The summed E-state index contributed by atoms with van der Waals surface area (Å²) >= 11 is 5.10. The third kappa shape index (κ3) is 1.08. The third-order valence-electron chi connectivity index (χ3n) is 1.65. The van der Waals surface area contributed by atoms with Crippen molar-refractivity contribution >= 4 is 29.1 Å². The number of anilines is 1. The van der Waals surface area contributed by atoms with Gasteiger partial charge >= 0.3 is 0 Å². The van der Waals surface area contributed by atoms with Gasteiger partial charge in [0.05, 0.1) is 4.51 Å². The lowest BCUT2D eigenvalue weighted by Crippen LogP contribution is -1.84. The molecule has 0 aliphatic carbocycles. The van der Waals surface area contributed by atoms with Gasteiger partial charge in [0.15, 0.2) is 5.88 Å². The summed E-state index contributed by atoms with van der Waals surface area (Å²) in [5.41, 5.74) is 6.23. The van der Waals surface area contributed by atoms with Gasteiger partial charge in [0.25, 0.3) is 0 Å². The number of hydrogen-bond donors (Lipinski definition) is 1. The van der Waals surface area contributed by atoms with Crippen LogP contribution in [0, 0.1) is 4.51 Å². The fraction of sp³-hybridized carbons (Fsp3) is 0. The lowest BCUT2D eigenvalue weighted by molar-refractivity contribution is 0.625. The summed E-state index contributed by atoms with van der Waals surface area (Å²) in [6.45, 7) is 0. The van der Waals surface area contributed by atoms with Gasteiger partial charge in [-0.15, -0.1) is 0 Å². The van der Waals surface area contributed by atoms with Gasteiger partial charge in [0, 0.05) is 11.5 Å². The van der Waals surface area contributed by atoms with Crippen molar-refractivity contribution in [2.24, 2.45) is 0 Å². The number of benzene rings is 1. The van der Waals surface area contributed by atoms with Crippen LogP contribution in [-0.2, 0) is 0 Å². The fourth-order valence-electron chi connectivity index (χ4n) is 1.12. The molecule has 2 N–H and O–H groups in total. The van der Waals surface area contributed by atoms with E-state index in [2.05, 4.69) is 0 Å². The molecule has 0 amide bonds. The smallest absolute Gasteiger partial charge is 0.192 e. The largest absolute Gasteiger partial charge is 0.441 e. The van der Waals surface area contributed by atoms with Crippen LogP contribution in [0.3, 0.4) is 0 Å². The summed E-state index contributed by atoms with van der Waals surface area (Å²) in [4.78, 5) is 0. The molecule has 1 heterocycles. The first-order valence-corrected chi connectivity index (χ1v) is 3.96. The Balaban J connectivity index is 2.99. The normalized spacial score (nSPS) is 10.3. The van der Waals surface area contributed by atoms with Crippen LogP contribution < -0.4 is 5.73 Å². The minimum atomic E-state index is 0.360. The molecular weight excluding hydrogens is 170 g/mol. The van der Waals surface area contributed by atoms with E-state index in [0.717, 1.165) is 15.5 Å². The van der Waals surface area contributed by atoms with E-state index in [4.69, 9.17) is 22.4 Å². The Hall–Kier alpha value is -1.35. The minimum absolute atomic E-state index is 0.360. The molecule has 0 fully saturated rings. The summed E-state index contributed by atoms with van der Waals surface area (Å²) < 4.78 is 5.98. The van der Waals surface area contributed by atoms with Crippen LogP contribution in [0.25, 0.3) is 11.0 Å². The zero-order valence-electron chi connectivity index (χ0n) is 6.28. The van der Waals surface area contributed by atoms with Crippen molar-refractivity contribution < 1.29 is 4.42 Å². The van der Waals surface area contributed by atoms with Gasteiger partial charge in [-0.3, -0.25) is 0 Å². The summed E-state index contributed by atoms with van der Waals surface area (Å²) in [5.74, 6) is 0.360. The van der Waals surface area contributed by atoms with E-state index in [1.807, 2.05) is 24.3 Å². The second kappa shape index (κ2) is 2.60. The third-order valence-corrected chi connectivity index (χ3v) is 1.99. The summed E-state index contributed by atoms with van der Waals surface area (Å²) in [6.07, 6.45) is 0. The molecule has 0 aliphatic heterocycles. The molecule has 3 heteroatoms. The number of hydrogen-bond acceptors (Lipinski definition) is 3. The molecule has 1 aromatic carbocycles. The van der Waals surface area contributed by atoms with E-state index in [1.54, 1.807) is 6.07 Å². The molecule has 2 aromatic rings. The van der Waals surface area contributed by atoms with Gasteiger partial charge < -0.3 is 10.2 Å². The number of para-hydroxylation sites is 1. The van der Waals surface area contributed by atoms with Crippen molar-refractivity contribution in [3.05, 3.63) is 34.8 Å². The van der Waals surface area contributed by atoms with E-state index in [1.165, 1.54) is 0 Å². The van der Waals surface area contributed by atoms with Crippen LogP contribution in [0.2, 0.25) is 0 Å².